The zero-order valence-corrected chi connectivity index (χ0v) is 10.4. The molecule has 1 aromatic heterocycles. The molecule has 1 nitrogen and oxygen atoms in total. The number of aromatic nitrogens is 1. The summed E-state index contributed by atoms with van der Waals surface area (Å²) in [7, 11) is 2.09. The molecule has 0 amide bonds. The van der Waals surface area contributed by atoms with Gasteiger partial charge in [-0.1, -0.05) is 30.4 Å². The fourth-order valence-corrected chi connectivity index (χ4v) is 2.00. The highest BCUT2D eigenvalue weighted by Gasteiger charge is 2.11. The molecule has 1 heteroatoms. The van der Waals surface area contributed by atoms with E-state index in [1.54, 1.807) is 0 Å². The SMILES string of the molecule is C/C=C\Cc1ccccc1-c1cccc[n+]1C. The Morgan fingerprint density at radius 1 is 1.06 bits per heavy atom. The number of nitrogens with zero attached hydrogens (tertiary/aromatic N) is 1. The molecule has 1 aromatic carbocycles. The average Bonchev–Trinajstić information content (AvgIpc) is 2.37. The van der Waals surface area contributed by atoms with Gasteiger partial charge >= 0.3 is 0 Å². The van der Waals surface area contributed by atoms with Gasteiger partial charge in [0, 0.05) is 17.7 Å². The standard InChI is InChI=1S/C16H18N/c1-3-4-9-14-10-5-6-11-15(14)16-12-7-8-13-17(16)2/h3-8,10-13H,9H2,1-2H3/q+1/b4-3-. The summed E-state index contributed by atoms with van der Waals surface area (Å²) in [5.41, 5.74) is 3.94. The van der Waals surface area contributed by atoms with Gasteiger partial charge in [0.05, 0.1) is 0 Å². The van der Waals surface area contributed by atoms with Crippen LogP contribution in [0.2, 0.25) is 0 Å². The van der Waals surface area contributed by atoms with E-state index < -0.39 is 0 Å². The Labute approximate surface area is 103 Å². The average molecular weight is 224 g/mol. The molecule has 0 aliphatic rings. The number of benzene rings is 1. The van der Waals surface area contributed by atoms with Crippen molar-refractivity contribution >= 4 is 0 Å². The van der Waals surface area contributed by atoms with Crippen LogP contribution in [0.25, 0.3) is 11.3 Å². The molecule has 86 valence electrons. The van der Waals surface area contributed by atoms with Crippen LogP contribution in [0.1, 0.15) is 12.5 Å². The first kappa shape index (κ1) is 11.6. The van der Waals surface area contributed by atoms with Gasteiger partial charge in [-0.05, 0) is 31.0 Å². The van der Waals surface area contributed by atoms with Crippen LogP contribution in [-0.4, -0.2) is 0 Å². The molecule has 2 rings (SSSR count). The van der Waals surface area contributed by atoms with Crippen molar-refractivity contribution in [2.45, 2.75) is 13.3 Å². The van der Waals surface area contributed by atoms with Crippen molar-refractivity contribution in [1.29, 1.82) is 0 Å². The summed E-state index contributed by atoms with van der Waals surface area (Å²) in [6.45, 7) is 2.06. The first-order valence-electron chi connectivity index (χ1n) is 5.97. The van der Waals surface area contributed by atoms with Crippen LogP contribution >= 0.6 is 0 Å². The molecule has 2 aromatic rings. The second-order valence-electron chi connectivity index (χ2n) is 4.13. The highest BCUT2D eigenvalue weighted by Crippen LogP contribution is 2.20. The van der Waals surface area contributed by atoms with Crippen molar-refractivity contribution in [3.63, 3.8) is 0 Å². The molecule has 0 atom stereocenters. The van der Waals surface area contributed by atoms with Gasteiger partial charge in [0.1, 0.15) is 7.05 Å². The minimum atomic E-state index is 0.988. The van der Waals surface area contributed by atoms with E-state index in [0.717, 1.165) is 6.42 Å². The van der Waals surface area contributed by atoms with Crippen molar-refractivity contribution in [3.8, 4) is 11.3 Å². The highest BCUT2D eigenvalue weighted by atomic mass is 14.9. The van der Waals surface area contributed by atoms with Crippen LogP contribution in [0.4, 0.5) is 0 Å². The normalized spacial score (nSPS) is 10.9. The van der Waals surface area contributed by atoms with Crippen LogP contribution in [-0.2, 0) is 13.5 Å². The van der Waals surface area contributed by atoms with E-state index in [4.69, 9.17) is 0 Å². The Kier molecular flexibility index (Phi) is 3.71. The van der Waals surface area contributed by atoms with Crippen LogP contribution in [0.3, 0.4) is 0 Å². The molecule has 0 aliphatic heterocycles. The Morgan fingerprint density at radius 3 is 2.59 bits per heavy atom. The quantitative estimate of drug-likeness (QED) is 0.556. The third-order valence-electron chi connectivity index (χ3n) is 2.92. The van der Waals surface area contributed by atoms with Gasteiger partial charge in [-0.3, -0.25) is 0 Å². The lowest BCUT2D eigenvalue weighted by Crippen LogP contribution is -2.30. The molecule has 17 heavy (non-hydrogen) atoms. The van der Waals surface area contributed by atoms with Gasteiger partial charge < -0.3 is 0 Å². The van der Waals surface area contributed by atoms with Crippen molar-refractivity contribution < 1.29 is 4.57 Å². The molecular weight excluding hydrogens is 206 g/mol. The van der Waals surface area contributed by atoms with Gasteiger partial charge in [0.15, 0.2) is 6.20 Å². The molecule has 0 fully saturated rings. The van der Waals surface area contributed by atoms with Crippen LogP contribution in [0.5, 0.6) is 0 Å². The van der Waals surface area contributed by atoms with E-state index in [-0.39, 0.29) is 0 Å². The maximum atomic E-state index is 2.20. The lowest BCUT2D eigenvalue weighted by molar-refractivity contribution is -0.660. The highest BCUT2D eigenvalue weighted by molar-refractivity contribution is 5.61. The van der Waals surface area contributed by atoms with Gasteiger partial charge in [0.2, 0.25) is 5.69 Å². The third-order valence-corrected chi connectivity index (χ3v) is 2.92. The number of aryl methyl sites for hydroxylation is 1. The third kappa shape index (κ3) is 2.62. The fraction of sp³-hybridized carbons (Fsp3) is 0.188. The smallest absolute Gasteiger partial charge is 0.201 e. The van der Waals surface area contributed by atoms with E-state index in [9.17, 15) is 0 Å². The number of allylic oxidation sites excluding steroid dienone is 2. The van der Waals surface area contributed by atoms with Gasteiger partial charge in [-0.2, -0.15) is 0 Å². The Morgan fingerprint density at radius 2 is 1.82 bits per heavy atom. The number of hydrogen-bond donors (Lipinski definition) is 0. The second-order valence-corrected chi connectivity index (χ2v) is 4.13. The molecule has 0 aliphatic carbocycles. The van der Waals surface area contributed by atoms with Crippen molar-refractivity contribution in [2.24, 2.45) is 7.05 Å². The maximum absolute atomic E-state index is 2.20. The summed E-state index contributed by atoms with van der Waals surface area (Å²) in [6.07, 6.45) is 7.37. The number of hydrogen-bond acceptors (Lipinski definition) is 0. The minimum absolute atomic E-state index is 0.988. The maximum Gasteiger partial charge on any atom is 0.212 e. The van der Waals surface area contributed by atoms with Gasteiger partial charge in [0.25, 0.3) is 0 Å². The van der Waals surface area contributed by atoms with Crippen molar-refractivity contribution in [1.82, 2.24) is 0 Å². The monoisotopic (exact) mass is 224 g/mol. The summed E-state index contributed by atoms with van der Waals surface area (Å²) in [6, 6.07) is 14.9. The van der Waals surface area contributed by atoms with Crippen LogP contribution < -0.4 is 4.57 Å². The molecule has 0 saturated heterocycles. The van der Waals surface area contributed by atoms with E-state index in [1.807, 2.05) is 0 Å². The zero-order chi connectivity index (χ0) is 12.1. The van der Waals surface area contributed by atoms with E-state index in [1.165, 1.54) is 16.8 Å². The van der Waals surface area contributed by atoms with E-state index >= 15 is 0 Å². The van der Waals surface area contributed by atoms with Gasteiger partial charge in [-0.25, -0.2) is 4.57 Å². The molecule has 0 N–H and O–H groups in total. The topological polar surface area (TPSA) is 3.88 Å². The summed E-state index contributed by atoms with van der Waals surface area (Å²) in [5, 5.41) is 0. The van der Waals surface area contributed by atoms with Crippen molar-refractivity contribution in [2.75, 3.05) is 0 Å². The van der Waals surface area contributed by atoms with Crippen LogP contribution in [0, 0.1) is 0 Å². The molecule has 1 heterocycles. The molecular formula is C16H18N+. The summed E-state index contributed by atoms with van der Waals surface area (Å²) in [4.78, 5) is 0. The zero-order valence-electron chi connectivity index (χ0n) is 10.4. The Hall–Kier alpha value is -1.89. The molecule has 0 spiro atoms. The summed E-state index contributed by atoms with van der Waals surface area (Å²) < 4.78 is 2.16. The Bertz CT molecular complexity index is 527. The van der Waals surface area contributed by atoms with E-state index in [2.05, 4.69) is 79.4 Å². The Balaban J connectivity index is 2.48. The first-order valence-corrected chi connectivity index (χ1v) is 5.97. The molecule has 0 saturated carbocycles. The first-order chi connectivity index (χ1) is 8.33. The summed E-state index contributed by atoms with van der Waals surface area (Å²) in [5.74, 6) is 0. The predicted molar refractivity (Wildman–Crippen MR) is 71.6 cm³/mol. The second kappa shape index (κ2) is 5.44. The van der Waals surface area contributed by atoms with Gasteiger partial charge in [-0.15, -0.1) is 0 Å². The van der Waals surface area contributed by atoms with Crippen molar-refractivity contribution in [3.05, 3.63) is 66.4 Å². The van der Waals surface area contributed by atoms with E-state index in [0.29, 0.717) is 0 Å². The lowest BCUT2D eigenvalue weighted by Gasteiger charge is -2.05. The minimum Gasteiger partial charge on any atom is -0.201 e. The largest absolute Gasteiger partial charge is 0.212 e. The molecule has 0 unspecified atom stereocenters. The van der Waals surface area contributed by atoms with Crippen LogP contribution in [0.15, 0.2) is 60.8 Å². The molecule has 0 radical (unpaired) electrons. The predicted octanol–water partition coefficient (Wildman–Crippen LogP) is 3.30. The number of pyridine rings is 1. The number of rotatable bonds is 3. The summed E-state index contributed by atoms with van der Waals surface area (Å²) >= 11 is 0. The lowest BCUT2D eigenvalue weighted by atomic mass is 10.0. The fourth-order valence-electron chi connectivity index (χ4n) is 2.00. The molecule has 0 bridgehead atoms.